The Morgan fingerprint density at radius 2 is 1.71 bits per heavy atom. The van der Waals surface area contributed by atoms with E-state index < -0.39 is 0 Å². The van der Waals surface area contributed by atoms with Crippen molar-refractivity contribution in [2.24, 2.45) is 0 Å². The second-order valence-corrected chi connectivity index (χ2v) is 15.3. The number of aryl methyl sites for hydroxylation is 3. The summed E-state index contributed by atoms with van der Waals surface area (Å²) in [7, 11) is 0. The first-order valence-corrected chi connectivity index (χ1v) is 18.8. The number of nitrogens with zero attached hydrogens (tertiary/aromatic N) is 4. The van der Waals surface area contributed by atoms with Gasteiger partial charge in [0.1, 0.15) is 11.7 Å². The largest absolute Gasteiger partial charge is 0.248 e. The fourth-order valence-corrected chi connectivity index (χ4v) is 10.6. The molecule has 0 saturated heterocycles. The van der Waals surface area contributed by atoms with Gasteiger partial charge in [-0.3, -0.25) is 0 Å². The molecule has 0 N–H and O–H groups in total. The standard InChI is InChI=1S/C43H44N4S/c1-6-9-15-29-16-14-20-38-39(29)32-22-21-31-40(42(32)48-38)36-24-27(4)30-17-10-11-18-33(30)46(36)41(31)37-26-43(7-2,8-3)45-23-13-12-19-34(45)35-25-28(5)44-47(35)37/h10-14,16-25,37,41H,6-9,15,26H2,1-5H3/q+2. The molecule has 7 aromatic rings. The van der Waals surface area contributed by atoms with Crippen LogP contribution in [0.2, 0.25) is 0 Å². The molecule has 240 valence electrons. The van der Waals surface area contributed by atoms with E-state index in [9.17, 15) is 0 Å². The number of para-hydroxylation sites is 1. The molecule has 0 saturated carbocycles. The summed E-state index contributed by atoms with van der Waals surface area (Å²) in [6.07, 6.45) is 9.00. The molecule has 0 fully saturated rings. The van der Waals surface area contributed by atoms with E-state index in [4.69, 9.17) is 5.10 Å². The molecule has 0 spiro atoms. The maximum atomic E-state index is 5.34. The molecule has 2 unspecified atom stereocenters. The Labute approximate surface area is 287 Å². The first-order valence-electron chi connectivity index (χ1n) is 18.0. The topological polar surface area (TPSA) is 25.6 Å². The summed E-state index contributed by atoms with van der Waals surface area (Å²) in [6.45, 7) is 11.5. The first-order chi connectivity index (χ1) is 23.5. The lowest BCUT2D eigenvalue weighted by atomic mass is 9.81. The van der Waals surface area contributed by atoms with Gasteiger partial charge in [-0.25, -0.2) is 4.68 Å². The lowest BCUT2D eigenvalue weighted by molar-refractivity contribution is -0.759. The number of rotatable bonds is 6. The number of unbranched alkanes of at least 4 members (excludes halogenated alkanes) is 1. The highest BCUT2D eigenvalue weighted by molar-refractivity contribution is 7.26. The molecule has 2 atom stereocenters. The Morgan fingerprint density at radius 1 is 0.875 bits per heavy atom. The summed E-state index contributed by atoms with van der Waals surface area (Å²) >= 11 is 1.99. The highest BCUT2D eigenvalue weighted by Crippen LogP contribution is 2.52. The second-order valence-electron chi connectivity index (χ2n) is 14.2. The zero-order chi connectivity index (χ0) is 32.7. The normalized spacial score (nSPS) is 17.8. The van der Waals surface area contributed by atoms with E-state index in [1.54, 1.807) is 0 Å². The van der Waals surface area contributed by atoms with Crippen molar-refractivity contribution in [2.45, 2.75) is 90.8 Å². The van der Waals surface area contributed by atoms with E-state index in [-0.39, 0.29) is 17.6 Å². The molecule has 48 heavy (non-hydrogen) atoms. The zero-order valence-electron chi connectivity index (χ0n) is 28.8. The quantitative estimate of drug-likeness (QED) is 0.165. The number of benzene rings is 3. The van der Waals surface area contributed by atoms with Crippen molar-refractivity contribution in [3.63, 3.8) is 0 Å². The second kappa shape index (κ2) is 11.1. The van der Waals surface area contributed by atoms with Gasteiger partial charge in [0.25, 0.3) is 0 Å². The van der Waals surface area contributed by atoms with Crippen LogP contribution < -0.4 is 9.13 Å². The van der Waals surface area contributed by atoms with Crippen molar-refractivity contribution in [2.75, 3.05) is 0 Å². The van der Waals surface area contributed by atoms with Crippen molar-refractivity contribution in [3.8, 4) is 22.6 Å². The molecule has 2 aliphatic heterocycles. The molecular formula is C43H44N4S+2. The van der Waals surface area contributed by atoms with Crippen molar-refractivity contribution in [3.05, 3.63) is 114 Å². The van der Waals surface area contributed by atoms with Gasteiger partial charge in [-0.1, -0.05) is 63.6 Å². The highest BCUT2D eigenvalue weighted by Gasteiger charge is 2.53. The van der Waals surface area contributed by atoms with Crippen LogP contribution in [0.3, 0.4) is 0 Å². The molecule has 0 amide bonds. The molecule has 4 aromatic heterocycles. The van der Waals surface area contributed by atoms with Gasteiger partial charge in [0.05, 0.1) is 11.3 Å². The summed E-state index contributed by atoms with van der Waals surface area (Å²) < 4.78 is 10.5. The Hall–Kier alpha value is -4.35. The van der Waals surface area contributed by atoms with Gasteiger partial charge in [-0.15, -0.1) is 11.3 Å². The molecule has 2 aliphatic rings. The van der Waals surface area contributed by atoms with Crippen LogP contribution >= 0.6 is 11.3 Å². The summed E-state index contributed by atoms with van der Waals surface area (Å²) in [5.74, 6) is 0. The van der Waals surface area contributed by atoms with Crippen LogP contribution in [0.25, 0.3) is 53.7 Å². The van der Waals surface area contributed by atoms with Crippen LogP contribution in [0.4, 0.5) is 0 Å². The Morgan fingerprint density at radius 3 is 2.54 bits per heavy atom. The number of aromatic nitrogens is 4. The molecule has 0 bridgehead atoms. The molecule has 0 aliphatic carbocycles. The first kappa shape index (κ1) is 29.8. The predicted molar refractivity (Wildman–Crippen MR) is 199 cm³/mol. The van der Waals surface area contributed by atoms with Gasteiger partial charge in [0.15, 0.2) is 11.7 Å². The van der Waals surface area contributed by atoms with E-state index in [1.165, 1.54) is 83.3 Å². The smallest absolute Gasteiger partial charge is 0.231 e. The van der Waals surface area contributed by atoms with Crippen molar-refractivity contribution < 1.29 is 9.13 Å². The molecule has 9 rings (SSSR count). The molecule has 4 nitrogen and oxygen atoms in total. The van der Waals surface area contributed by atoms with Crippen molar-refractivity contribution in [1.82, 2.24) is 9.78 Å². The van der Waals surface area contributed by atoms with Crippen molar-refractivity contribution in [1.29, 1.82) is 0 Å². The van der Waals surface area contributed by atoms with Crippen LogP contribution in [0.5, 0.6) is 0 Å². The Balaban J connectivity index is 1.38. The number of fused-ring (bicyclic) bond motifs is 12. The lowest BCUT2D eigenvalue weighted by Gasteiger charge is -2.30. The number of pyridine rings is 2. The van der Waals surface area contributed by atoms with Crippen LogP contribution in [0, 0.1) is 13.8 Å². The van der Waals surface area contributed by atoms with Gasteiger partial charge < -0.3 is 0 Å². The van der Waals surface area contributed by atoms with Gasteiger partial charge in [0, 0.05) is 74.6 Å². The van der Waals surface area contributed by atoms with Crippen LogP contribution in [0.15, 0.2) is 91.1 Å². The van der Waals surface area contributed by atoms with E-state index in [1.807, 2.05) is 11.3 Å². The third-order valence-corrected chi connectivity index (χ3v) is 12.9. The van der Waals surface area contributed by atoms with Crippen LogP contribution in [-0.4, -0.2) is 9.78 Å². The molecule has 6 heterocycles. The minimum Gasteiger partial charge on any atom is -0.248 e. The Kier molecular flexibility index (Phi) is 6.88. The predicted octanol–water partition coefficient (Wildman–Crippen LogP) is 10.3. The van der Waals surface area contributed by atoms with E-state index in [0.29, 0.717) is 0 Å². The maximum Gasteiger partial charge on any atom is 0.231 e. The summed E-state index contributed by atoms with van der Waals surface area (Å²) in [6, 6.07) is 32.7. The lowest BCUT2D eigenvalue weighted by Crippen LogP contribution is -2.57. The van der Waals surface area contributed by atoms with Gasteiger partial charge in [0.2, 0.25) is 22.9 Å². The zero-order valence-corrected chi connectivity index (χ0v) is 29.6. The molecule has 5 heteroatoms. The number of thiophene rings is 1. The minimum atomic E-state index is -0.0320. The van der Waals surface area contributed by atoms with Gasteiger partial charge in [-0.2, -0.15) is 14.2 Å². The molecular weight excluding hydrogens is 605 g/mol. The third-order valence-electron chi connectivity index (χ3n) is 11.7. The molecule has 0 radical (unpaired) electrons. The SMILES string of the molecule is CCCCc1cccc2sc3c4c(ccc3c12)C(C1CC(CC)(CC)[n+]2ccccc2-c2cc(C)nn21)[n+]1c-4cc(C)c2ccccc21. The van der Waals surface area contributed by atoms with E-state index in [2.05, 4.69) is 140 Å². The third kappa shape index (κ3) is 4.09. The summed E-state index contributed by atoms with van der Waals surface area (Å²) in [4.78, 5) is 0. The van der Waals surface area contributed by atoms with E-state index >= 15 is 0 Å². The monoisotopic (exact) mass is 648 g/mol. The average molecular weight is 649 g/mol. The maximum absolute atomic E-state index is 5.34. The highest BCUT2D eigenvalue weighted by atomic mass is 32.1. The number of hydrogen-bond donors (Lipinski definition) is 0. The summed E-state index contributed by atoms with van der Waals surface area (Å²) in [5.41, 5.74) is 11.9. The van der Waals surface area contributed by atoms with Gasteiger partial charge in [-0.05, 0) is 62.1 Å². The Bertz CT molecular complexity index is 2390. The summed E-state index contributed by atoms with van der Waals surface area (Å²) in [5, 5.41) is 9.54. The van der Waals surface area contributed by atoms with Crippen LogP contribution in [0.1, 0.15) is 87.3 Å². The fraction of sp³-hybridized carbons (Fsp3) is 0.326. The van der Waals surface area contributed by atoms with Crippen LogP contribution in [-0.2, 0) is 12.0 Å². The average Bonchev–Trinajstić information content (AvgIpc) is 3.78. The minimum absolute atomic E-state index is 0.0320. The fourth-order valence-electron chi connectivity index (χ4n) is 9.30. The van der Waals surface area contributed by atoms with E-state index in [0.717, 1.165) is 31.4 Å². The van der Waals surface area contributed by atoms with Crippen molar-refractivity contribution >= 4 is 42.4 Å². The molecule has 3 aromatic carbocycles. The van der Waals surface area contributed by atoms with Gasteiger partial charge >= 0.3 is 0 Å². The number of hydrogen-bond acceptors (Lipinski definition) is 2.